The largest absolute Gasteiger partial charge is 0.489 e. The maximum Gasteiger partial charge on any atom is 0.138 e. The molecule has 29 heavy (non-hydrogen) atoms. The monoisotopic (exact) mass is 403 g/mol. The Balaban J connectivity index is 1.31. The first-order valence-electron chi connectivity index (χ1n) is 11.4. The molecule has 0 unspecified atom stereocenters. The summed E-state index contributed by atoms with van der Waals surface area (Å²) in [5.74, 6) is 0.881. The van der Waals surface area contributed by atoms with Crippen LogP contribution in [-0.2, 0) is 11.2 Å². The Morgan fingerprint density at radius 2 is 1.66 bits per heavy atom. The zero-order chi connectivity index (χ0) is 21.1. The molecule has 1 aliphatic carbocycles. The van der Waals surface area contributed by atoms with Gasteiger partial charge in [0.05, 0.1) is 17.9 Å². The number of rotatable bonds is 7. The van der Waals surface area contributed by atoms with E-state index in [0.29, 0.717) is 11.6 Å². The van der Waals surface area contributed by atoms with E-state index in [1.165, 1.54) is 26.2 Å². The minimum absolute atomic E-state index is 0.0704. The number of aromatic nitrogens is 1. The van der Waals surface area contributed by atoms with Crippen LogP contribution in [0.1, 0.15) is 66.5 Å². The van der Waals surface area contributed by atoms with Crippen LogP contribution >= 0.6 is 0 Å². The van der Waals surface area contributed by atoms with Crippen LogP contribution in [0.25, 0.3) is 0 Å². The molecule has 5 nitrogen and oxygen atoms in total. The number of aryl methyl sites for hydroxylation is 1. The van der Waals surface area contributed by atoms with Crippen LogP contribution < -0.4 is 4.74 Å². The number of piperazine rings is 1. The van der Waals surface area contributed by atoms with E-state index in [2.05, 4.69) is 68.5 Å². The Bertz CT molecular complexity index is 619. The molecule has 1 aromatic rings. The van der Waals surface area contributed by atoms with E-state index in [-0.39, 0.29) is 11.7 Å². The van der Waals surface area contributed by atoms with Crippen LogP contribution in [0.5, 0.6) is 5.75 Å². The number of pyridine rings is 1. The Morgan fingerprint density at radius 1 is 0.966 bits per heavy atom. The Labute approximate surface area is 177 Å². The second-order valence-electron chi connectivity index (χ2n) is 10.7. The van der Waals surface area contributed by atoms with Gasteiger partial charge in [-0.25, -0.2) is 0 Å². The number of ether oxygens (including phenoxy) is 2. The van der Waals surface area contributed by atoms with Gasteiger partial charge in [0, 0.05) is 50.3 Å². The molecular formula is C24H41N3O2. The molecular weight excluding hydrogens is 362 g/mol. The highest BCUT2D eigenvalue weighted by atomic mass is 16.5. The van der Waals surface area contributed by atoms with Gasteiger partial charge in [-0.15, -0.1) is 0 Å². The van der Waals surface area contributed by atoms with E-state index in [1.54, 1.807) is 0 Å². The fraction of sp³-hybridized carbons (Fsp3) is 0.792. The lowest BCUT2D eigenvalue weighted by molar-refractivity contribution is -0.126. The summed E-state index contributed by atoms with van der Waals surface area (Å²) in [6.45, 7) is 19.1. The van der Waals surface area contributed by atoms with Crippen LogP contribution in [-0.4, -0.2) is 70.9 Å². The topological polar surface area (TPSA) is 37.8 Å². The van der Waals surface area contributed by atoms with E-state index in [1.807, 2.05) is 6.20 Å². The summed E-state index contributed by atoms with van der Waals surface area (Å²) in [5.41, 5.74) is 1.38. The third-order valence-corrected chi connectivity index (χ3v) is 5.90. The van der Waals surface area contributed by atoms with Crippen molar-refractivity contribution in [1.82, 2.24) is 14.8 Å². The number of hydrogen-bond acceptors (Lipinski definition) is 5. The zero-order valence-electron chi connectivity index (χ0n) is 19.4. The minimum Gasteiger partial charge on any atom is -0.489 e. The van der Waals surface area contributed by atoms with Crippen molar-refractivity contribution in [3.05, 3.63) is 24.0 Å². The standard InChI is InChI=1S/C24H41N3O2/c1-23(2,3)27-14-12-26(13-15-27)11-7-8-19-9-10-20(18-25-19)28-21-16-22(17-21)29-24(4,5)6/h9-10,18,21-22H,7-8,11-17H2,1-6H3. The van der Waals surface area contributed by atoms with Crippen LogP contribution in [0.2, 0.25) is 0 Å². The fourth-order valence-electron chi connectivity index (χ4n) is 4.16. The van der Waals surface area contributed by atoms with E-state index >= 15 is 0 Å². The van der Waals surface area contributed by atoms with Gasteiger partial charge in [-0.3, -0.25) is 9.88 Å². The predicted octanol–water partition coefficient (Wildman–Crippen LogP) is 4.16. The molecule has 1 aliphatic heterocycles. The zero-order valence-corrected chi connectivity index (χ0v) is 19.4. The van der Waals surface area contributed by atoms with E-state index in [9.17, 15) is 0 Å². The van der Waals surface area contributed by atoms with Crippen LogP contribution in [0.15, 0.2) is 18.3 Å². The first-order chi connectivity index (χ1) is 13.6. The molecule has 3 rings (SSSR count). The lowest BCUT2D eigenvalue weighted by atomic mass is 9.91. The van der Waals surface area contributed by atoms with Crippen LogP contribution in [0, 0.1) is 0 Å². The van der Waals surface area contributed by atoms with Crippen molar-refractivity contribution in [3.63, 3.8) is 0 Å². The normalized spacial score (nSPS) is 24.3. The lowest BCUT2D eigenvalue weighted by Crippen LogP contribution is -2.53. The van der Waals surface area contributed by atoms with Crippen molar-refractivity contribution in [1.29, 1.82) is 0 Å². The molecule has 0 N–H and O–H groups in total. The van der Waals surface area contributed by atoms with Gasteiger partial charge in [0.2, 0.25) is 0 Å². The Morgan fingerprint density at radius 3 is 2.21 bits per heavy atom. The molecule has 1 saturated heterocycles. The van der Waals surface area contributed by atoms with Gasteiger partial charge >= 0.3 is 0 Å². The lowest BCUT2D eigenvalue weighted by Gasteiger charge is -2.42. The summed E-state index contributed by atoms with van der Waals surface area (Å²) in [7, 11) is 0. The molecule has 0 atom stereocenters. The molecule has 2 heterocycles. The molecule has 0 bridgehead atoms. The van der Waals surface area contributed by atoms with Crippen molar-refractivity contribution >= 4 is 0 Å². The van der Waals surface area contributed by atoms with Gasteiger partial charge in [0.15, 0.2) is 0 Å². The van der Waals surface area contributed by atoms with Gasteiger partial charge in [0.25, 0.3) is 0 Å². The summed E-state index contributed by atoms with van der Waals surface area (Å²) >= 11 is 0. The molecule has 0 radical (unpaired) electrons. The SMILES string of the molecule is CC(C)(C)OC1CC(Oc2ccc(CCCN3CCN(C(C)(C)C)CC3)nc2)C1. The molecule has 2 fully saturated rings. The van der Waals surface area contributed by atoms with Crippen molar-refractivity contribution in [3.8, 4) is 5.75 Å². The summed E-state index contributed by atoms with van der Waals surface area (Å²) < 4.78 is 12.0. The van der Waals surface area contributed by atoms with E-state index in [4.69, 9.17) is 9.47 Å². The van der Waals surface area contributed by atoms with Crippen molar-refractivity contribution < 1.29 is 9.47 Å². The maximum atomic E-state index is 6.03. The van der Waals surface area contributed by atoms with E-state index < -0.39 is 0 Å². The van der Waals surface area contributed by atoms with Crippen molar-refractivity contribution in [2.24, 2.45) is 0 Å². The molecule has 2 aliphatic rings. The summed E-state index contributed by atoms with van der Waals surface area (Å²) in [6.07, 6.45) is 6.62. The smallest absolute Gasteiger partial charge is 0.138 e. The molecule has 0 spiro atoms. The first-order valence-corrected chi connectivity index (χ1v) is 11.4. The average molecular weight is 404 g/mol. The van der Waals surface area contributed by atoms with Gasteiger partial charge in [-0.1, -0.05) is 0 Å². The maximum absolute atomic E-state index is 6.03. The number of nitrogens with zero attached hydrogens (tertiary/aromatic N) is 3. The highest BCUT2D eigenvalue weighted by Crippen LogP contribution is 2.31. The fourth-order valence-corrected chi connectivity index (χ4v) is 4.16. The minimum atomic E-state index is -0.0704. The summed E-state index contributed by atoms with van der Waals surface area (Å²) in [4.78, 5) is 9.79. The summed E-state index contributed by atoms with van der Waals surface area (Å²) in [6, 6.07) is 4.19. The second-order valence-corrected chi connectivity index (χ2v) is 10.7. The van der Waals surface area contributed by atoms with Crippen molar-refractivity contribution in [2.75, 3.05) is 32.7 Å². The van der Waals surface area contributed by atoms with Crippen LogP contribution in [0.4, 0.5) is 0 Å². The Kier molecular flexibility index (Phi) is 7.23. The van der Waals surface area contributed by atoms with Gasteiger partial charge in [0.1, 0.15) is 11.9 Å². The molecule has 0 aromatic carbocycles. The molecule has 164 valence electrons. The molecule has 1 saturated carbocycles. The number of hydrogen-bond donors (Lipinski definition) is 0. The van der Waals surface area contributed by atoms with Crippen molar-refractivity contribution in [2.45, 2.75) is 90.6 Å². The van der Waals surface area contributed by atoms with Crippen LogP contribution in [0.3, 0.4) is 0 Å². The van der Waals surface area contributed by atoms with Gasteiger partial charge in [-0.05, 0) is 73.1 Å². The predicted molar refractivity (Wildman–Crippen MR) is 119 cm³/mol. The second kappa shape index (κ2) is 9.32. The Hall–Kier alpha value is -1.17. The van der Waals surface area contributed by atoms with E-state index in [0.717, 1.165) is 43.7 Å². The third kappa shape index (κ3) is 7.23. The quantitative estimate of drug-likeness (QED) is 0.684. The highest BCUT2D eigenvalue weighted by Gasteiger charge is 2.34. The molecule has 0 amide bonds. The highest BCUT2D eigenvalue weighted by molar-refractivity contribution is 5.20. The van der Waals surface area contributed by atoms with Gasteiger partial charge < -0.3 is 14.4 Å². The molecule has 5 heteroatoms. The van der Waals surface area contributed by atoms with Gasteiger partial charge in [-0.2, -0.15) is 0 Å². The average Bonchev–Trinajstić information content (AvgIpc) is 2.60. The molecule has 1 aromatic heterocycles. The summed E-state index contributed by atoms with van der Waals surface area (Å²) in [5, 5.41) is 0. The first kappa shape index (κ1) is 22.5. The third-order valence-electron chi connectivity index (χ3n) is 5.90.